The number of nitrogens with zero attached hydrogens (tertiary/aromatic N) is 1. The minimum absolute atomic E-state index is 0.169. The molecule has 1 aromatic carbocycles. The number of benzene rings is 1. The first-order valence-corrected chi connectivity index (χ1v) is 9.91. The van der Waals surface area contributed by atoms with Crippen molar-refractivity contribution in [1.29, 1.82) is 0 Å². The van der Waals surface area contributed by atoms with Gasteiger partial charge < -0.3 is 24.7 Å². The average molecular weight is 379 g/mol. The molecule has 0 aliphatic carbocycles. The molecule has 2 rings (SSSR count). The minimum Gasteiger partial charge on any atom is -0.368 e. The van der Waals surface area contributed by atoms with Crippen molar-refractivity contribution in [2.24, 2.45) is 0 Å². The summed E-state index contributed by atoms with van der Waals surface area (Å²) < 4.78 is 22.5. The number of rotatable bonds is 6. The SMILES string of the molecule is O=C1c2ccccc2C(=O)N1CCCC(O)(P(=O)(O)O)P(=O)(O)O. The van der Waals surface area contributed by atoms with Gasteiger partial charge in [-0.15, -0.1) is 0 Å². The number of fused-ring (bicyclic) bond motifs is 1. The molecular formula is C12H15NO9P2. The number of hydrogen-bond acceptors (Lipinski definition) is 5. The molecule has 2 amide bonds. The third kappa shape index (κ3) is 3.10. The van der Waals surface area contributed by atoms with Gasteiger partial charge in [-0.2, -0.15) is 0 Å². The number of hydrogen-bond donors (Lipinski definition) is 5. The van der Waals surface area contributed by atoms with Crippen molar-refractivity contribution in [3.8, 4) is 0 Å². The van der Waals surface area contributed by atoms with Crippen LogP contribution in [-0.2, 0) is 9.13 Å². The highest BCUT2D eigenvalue weighted by molar-refractivity contribution is 7.72. The zero-order chi connectivity index (χ0) is 18.3. The third-order valence-electron chi connectivity index (χ3n) is 3.71. The van der Waals surface area contributed by atoms with E-state index in [9.17, 15) is 23.8 Å². The lowest BCUT2D eigenvalue weighted by Gasteiger charge is -2.29. The molecule has 1 aliphatic heterocycles. The van der Waals surface area contributed by atoms with E-state index < -0.39 is 44.9 Å². The summed E-state index contributed by atoms with van der Waals surface area (Å²) in [6.07, 6.45) is -1.40. The Kier molecular flexibility index (Phi) is 4.87. The molecule has 0 saturated heterocycles. The highest BCUT2D eigenvalue weighted by Gasteiger charge is 2.58. The van der Waals surface area contributed by atoms with Gasteiger partial charge in [0, 0.05) is 13.0 Å². The first kappa shape index (κ1) is 19.0. The molecule has 0 unspecified atom stereocenters. The zero-order valence-electron chi connectivity index (χ0n) is 12.1. The van der Waals surface area contributed by atoms with E-state index in [4.69, 9.17) is 19.6 Å². The lowest BCUT2D eigenvalue weighted by molar-refractivity contribution is 0.0639. The van der Waals surface area contributed by atoms with Crippen LogP contribution < -0.4 is 0 Å². The van der Waals surface area contributed by atoms with Crippen LogP contribution in [0.5, 0.6) is 0 Å². The summed E-state index contributed by atoms with van der Waals surface area (Å²) in [6, 6.07) is 6.01. The molecule has 0 aromatic heterocycles. The number of aliphatic hydroxyl groups is 1. The maximum Gasteiger partial charge on any atom is 0.369 e. The van der Waals surface area contributed by atoms with Gasteiger partial charge in [-0.3, -0.25) is 23.6 Å². The summed E-state index contributed by atoms with van der Waals surface area (Å²) in [5.74, 6) is -1.24. The van der Waals surface area contributed by atoms with Gasteiger partial charge in [0.15, 0.2) is 0 Å². The Balaban J connectivity index is 2.13. The highest BCUT2D eigenvalue weighted by atomic mass is 31.2. The smallest absolute Gasteiger partial charge is 0.368 e. The molecule has 1 aromatic rings. The van der Waals surface area contributed by atoms with Crippen LogP contribution in [0.3, 0.4) is 0 Å². The van der Waals surface area contributed by atoms with Gasteiger partial charge in [-0.1, -0.05) is 12.1 Å². The summed E-state index contributed by atoms with van der Waals surface area (Å²) in [5.41, 5.74) is 0.338. The van der Waals surface area contributed by atoms with E-state index >= 15 is 0 Å². The summed E-state index contributed by atoms with van der Waals surface area (Å²) >= 11 is 0. The summed E-state index contributed by atoms with van der Waals surface area (Å²) in [7, 11) is -11.1. The van der Waals surface area contributed by atoms with E-state index in [0.29, 0.717) is 0 Å². The standard InChI is InChI=1S/C12H15NO9P2/c14-10-8-4-1-2-5-9(8)11(15)13(10)7-3-6-12(16,23(17,18)19)24(20,21)22/h1-2,4-5,16H,3,6-7H2,(H2,17,18,19)(H2,20,21,22). The van der Waals surface area contributed by atoms with Gasteiger partial charge in [0.25, 0.3) is 16.9 Å². The largest absolute Gasteiger partial charge is 0.369 e. The van der Waals surface area contributed by atoms with Crippen LogP contribution in [0, 0.1) is 0 Å². The molecule has 0 spiro atoms. The molecule has 1 heterocycles. The fourth-order valence-corrected chi connectivity index (χ4v) is 4.63. The van der Waals surface area contributed by atoms with Gasteiger partial charge in [0.05, 0.1) is 11.1 Å². The average Bonchev–Trinajstić information content (AvgIpc) is 2.70. The summed E-state index contributed by atoms with van der Waals surface area (Å²) in [4.78, 5) is 61.1. The first-order chi connectivity index (χ1) is 10.9. The Hall–Kier alpha value is -1.38. The zero-order valence-corrected chi connectivity index (χ0v) is 13.9. The molecule has 0 saturated carbocycles. The number of amides is 2. The molecule has 0 radical (unpaired) electrons. The summed E-state index contributed by atoms with van der Waals surface area (Å²) in [6.45, 7) is -0.353. The van der Waals surface area contributed by atoms with Crippen LogP contribution in [0.2, 0.25) is 0 Å². The van der Waals surface area contributed by atoms with Crippen LogP contribution in [0.1, 0.15) is 33.6 Å². The molecule has 0 fully saturated rings. The Bertz CT molecular complexity index is 723. The van der Waals surface area contributed by atoms with Gasteiger partial charge in [-0.05, 0) is 18.6 Å². The predicted molar refractivity (Wildman–Crippen MR) is 80.1 cm³/mol. The van der Waals surface area contributed by atoms with Crippen molar-refractivity contribution >= 4 is 27.0 Å². The predicted octanol–water partition coefficient (Wildman–Crippen LogP) is 0.0643. The van der Waals surface area contributed by atoms with Crippen LogP contribution >= 0.6 is 15.2 Å². The molecule has 24 heavy (non-hydrogen) atoms. The summed E-state index contributed by atoms with van der Waals surface area (Å²) in [5, 5.41) is 6.19. The molecule has 12 heteroatoms. The van der Waals surface area contributed by atoms with Crippen molar-refractivity contribution in [2.45, 2.75) is 17.9 Å². The number of imide groups is 1. The van der Waals surface area contributed by atoms with Gasteiger partial charge >= 0.3 is 15.2 Å². The minimum atomic E-state index is -5.56. The van der Waals surface area contributed by atoms with E-state index in [1.807, 2.05) is 0 Å². The maximum absolute atomic E-state index is 12.1. The van der Waals surface area contributed by atoms with Crippen molar-refractivity contribution in [1.82, 2.24) is 4.90 Å². The lowest BCUT2D eigenvalue weighted by Crippen LogP contribution is -2.34. The molecule has 0 atom stereocenters. The molecule has 1 aliphatic rings. The normalized spacial score (nSPS) is 15.8. The first-order valence-electron chi connectivity index (χ1n) is 6.69. The van der Waals surface area contributed by atoms with Crippen molar-refractivity contribution in [3.63, 3.8) is 0 Å². The van der Waals surface area contributed by atoms with E-state index in [2.05, 4.69) is 0 Å². The Morgan fingerprint density at radius 1 is 0.917 bits per heavy atom. The van der Waals surface area contributed by atoms with Crippen LogP contribution in [-0.4, -0.2) is 53.0 Å². The monoisotopic (exact) mass is 379 g/mol. The number of carbonyl (C=O) groups is 2. The van der Waals surface area contributed by atoms with Gasteiger partial charge in [0.1, 0.15) is 0 Å². The quantitative estimate of drug-likeness (QED) is 0.338. The van der Waals surface area contributed by atoms with E-state index in [1.165, 1.54) is 12.1 Å². The van der Waals surface area contributed by atoms with Gasteiger partial charge in [0.2, 0.25) is 0 Å². The van der Waals surface area contributed by atoms with Crippen molar-refractivity contribution < 1.29 is 43.4 Å². The fraction of sp³-hybridized carbons (Fsp3) is 0.333. The second kappa shape index (κ2) is 6.16. The lowest BCUT2D eigenvalue weighted by atomic mass is 10.1. The maximum atomic E-state index is 12.1. The van der Waals surface area contributed by atoms with Crippen LogP contribution in [0.4, 0.5) is 0 Å². The Labute approximate surface area is 136 Å². The number of carbonyl (C=O) groups excluding carboxylic acids is 2. The molecule has 132 valence electrons. The van der Waals surface area contributed by atoms with Gasteiger partial charge in [-0.25, -0.2) is 0 Å². The molecule has 0 bridgehead atoms. The fourth-order valence-electron chi connectivity index (χ4n) is 2.38. The van der Waals surface area contributed by atoms with Crippen molar-refractivity contribution in [3.05, 3.63) is 35.4 Å². The Morgan fingerprint density at radius 2 is 1.33 bits per heavy atom. The third-order valence-corrected chi connectivity index (χ3v) is 7.58. The Morgan fingerprint density at radius 3 is 1.71 bits per heavy atom. The van der Waals surface area contributed by atoms with E-state index in [-0.39, 0.29) is 17.7 Å². The topological polar surface area (TPSA) is 173 Å². The highest BCUT2D eigenvalue weighted by Crippen LogP contribution is 2.69. The van der Waals surface area contributed by atoms with E-state index in [0.717, 1.165) is 4.90 Å². The van der Waals surface area contributed by atoms with E-state index in [1.54, 1.807) is 12.1 Å². The molecule has 5 N–H and O–H groups in total. The molecule has 10 nitrogen and oxygen atoms in total. The molecular weight excluding hydrogens is 364 g/mol. The van der Waals surface area contributed by atoms with Crippen molar-refractivity contribution in [2.75, 3.05) is 6.54 Å². The van der Waals surface area contributed by atoms with Crippen LogP contribution in [0.15, 0.2) is 24.3 Å². The van der Waals surface area contributed by atoms with Crippen LogP contribution in [0.25, 0.3) is 0 Å². The second-order valence-corrected chi connectivity index (χ2v) is 9.28. The second-order valence-electron chi connectivity index (χ2n) is 5.27.